The Hall–Kier alpha value is -2.62. The van der Waals surface area contributed by atoms with Crippen LogP contribution >= 0.6 is 11.3 Å². The topological polar surface area (TPSA) is 69.2 Å². The average Bonchev–Trinajstić information content (AvgIpc) is 3.00. The van der Waals surface area contributed by atoms with Crippen molar-refractivity contribution >= 4 is 23.2 Å². The van der Waals surface area contributed by atoms with Crippen LogP contribution in [0.25, 0.3) is 0 Å². The molecule has 0 spiro atoms. The van der Waals surface area contributed by atoms with Gasteiger partial charge < -0.3 is 19.7 Å². The maximum absolute atomic E-state index is 12.4. The molecular weight excluding hydrogens is 348 g/mol. The van der Waals surface area contributed by atoms with Gasteiger partial charge in [-0.25, -0.2) is 0 Å². The van der Waals surface area contributed by atoms with E-state index in [-0.39, 0.29) is 12.3 Å². The molecule has 0 aliphatic carbocycles. The number of quaternary nitrogens is 1. The van der Waals surface area contributed by atoms with Crippen LogP contribution in [0, 0.1) is 11.8 Å². The van der Waals surface area contributed by atoms with E-state index in [0.717, 1.165) is 10.4 Å². The number of hydrogen-bond donors (Lipinski definition) is 1. The second-order valence-corrected chi connectivity index (χ2v) is 8.08. The predicted octanol–water partition coefficient (Wildman–Crippen LogP) is 1.09. The van der Waals surface area contributed by atoms with Crippen molar-refractivity contribution in [3.05, 3.63) is 57.8 Å². The molecule has 0 saturated heterocycles. The largest absolute Gasteiger partial charge is 0.550 e. The fourth-order valence-electron chi connectivity index (χ4n) is 2.46. The molecule has 1 N–H and O–H groups in total. The number of benzene rings is 1. The highest BCUT2D eigenvalue weighted by Crippen LogP contribution is 2.16. The van der Waals surface area contributed by atoms with Gasteiger partial charge in [-0.1, -0.05) is 30.0 Å². The van der Waals surface area contributed by atoms with E-state index in [9.17, 15) is 14.7 Å². The van der Waals surface area contributed by atoms with Gasteiger partial charge in [-0.3, -0.25) is 4.79 Å². The number of carbonyl (C=O) groups excluding carboxylic acids is 2. The Labute approximate surface area is 157 Å². The lowest BCUT2D eigenvalue weighted by Gasteiger charge is -2.29. The Bertz CT molecular complexity index is 826. The van der Waals surface area contributed by atoms with Gasteiger partial charge in [0.1, 0.15) is 0 Å². The first-order chi connectivity index (χ1) is 12.2. The van der Waals surface area contributed by atoms with Crippen LogP contribution < -0.4 is 10.4 Å². The maximum Gasteiger partial charge on any atom is 0.261 e. The number of nitrogens with zero attached hydrogens (tertiary/aromatic N) is 1. The summed E-state index contributed by atoms with van der Waals surface area (Å²) >= 11 is 1.29. The van der Waals surface area contributed by atoms with E-state index in [1.807, 2.05) is 51.5 Å². The molecule has 0 aliphatic heterocycles. The van der Waals surface area contributed by atoms with Crippen LogP contribution in [0.4, 0.5) is 0 Å². The molecule has 0 radical (unpaired) electrons. The van der Waals surface area contributed by atoms with Crippen molar-refractivity contribution < 1.29 is 19.2 Å². The number of carboxylic acid groups (broad SMARTS) is 1. The first-order valence-corrected chi connectivity index (χ1v) is 9.03. The fourth-order valence-corrected chi connectivity index (χ4v) is 3.23. The van der Waals surface area contributed by atoms with Crippen molar-refractivity contribution in [3.8, 4) is 11.8 Å². The Morgan fingerprint density at radius 1 is 1.12 bits per heavy atom. The number of carboxylic acids is 1. The summed E-state index contributed by atoms with van der Waals surface area (Å²) in [6.07, 6.45) is -0.215. The molecule has 1 amide bonds. The molecule has 0 fully saturated rings. The molecule has 1 heterocycles. The van der Waals surface area contributed by atoms with E-state index in [0.29, 0.717) is 15.9 Å². The standard InChI is InChI=1S/C20H22N2O3S/c1-22(2,3)14-16(13-19(23)24)21-20(25)18-12-11-17(26-18)10-9-15-7-5-4-6-8-15/h4-8,11-12,16H,13-14H2,1-3H3,(H-,21,23,24,25)/t16-/m1/s1. The van der Waals surface area contributed by atoms with E-state index >= 15 is 0 Å². The van der Waals surface area contributed by atoms with Crippen LogP contribution in [0.1, 0.15) is 26.5 Å². The molecule has 6 heteroatoms. The van der Waals surface area contributed by atoms with E-state index in [1.54, 1.807) is 12.1 Å². The van der Waals surface area contributed by atoms with Crippen molar-refractivity contribution in [1.82, 2.24) is 5.32 Å². The monoisotopic (exact) mass is 370 g/mol. The summed E-state index contributed by atoms with van der Waals surface area (Å²) < 4.78 is 0.538. The van der Waals surface area contributed by atoms with Crippen LogP contribution in [-0.2, 0) is 4.79 Å². The van der Waals surface area contributed by atoms with E-state index < -0.39 is 12.0 Å². The summed E-state index contributed by atoms with van der Waals surface area (Å²) in [7, 11) is 5.82. The molecule has 1 aromatic heterocycles. The summed E-state index contributed by atoms with van der Waals surface area (Å²) in [4.78, 5) is 24.7. The molecule has 1 aromatic carbocycles. The number of amides is 1. The minimum Gasteiger partial charge on any atom is -0.550 e. The molecule has 5 nitrogen and oxygen atoms in total. The van der Waals surface area contributed by atoms with Gasteiger partial charge >= 0.3 is 0 Å². The maximum atomic E-state index is 12.4. The highest BCUT2D eigenvalue weighted by Gasteiger charge is 2.21. The van der Waals surface area contributed by atoms with Crippen LogP contribution in [0.2, 0.25) is 0 Å². The average molecular weight is 370 g/mol. The zero-order chi connectivity index (χ0) is 19.2. The fraction of sp³-hybridized carbons (Fsp3) is 0.300. The van der Waals surface area contributed by atoms with Gasteiger partial charge in [-0.05, 0) is 24.3 Å². The Morgan fingerprint density at radius 3 is 2.42 bits per heavy atom. The summed E-state index contributed by atoms with van der Waals surface area (Å²) in [6.45, 7) is 0.492. The van der Waals surface area contributed by atoms with Crippen molar-refractivity contribution in [2.24, 2.45) is 0 Å². The smallest absolute Gasteiger partial charge is 0.261 e. The van der Waals surface area contributed by atoms with E-state index in [1.165, 1.54) is 11.3 Å². The summed E-state index contributed by atoms with van der Waals surface area (Å²) in [5, 5.41) is 13.7. The number of likely N-dealkylation sites (N-methyl/N-ethyl adjacent to an activating group) is 1. The highest BCUT2D eigenvalue weighted by atomic mass is 32.1. The van der Waals surface area contributed by atoms with Gasteiger partial charge in [0.15, 0.2) is 0 Å². The van der Waals surface area contributed by atoms with Crippen LogP contribution in [-0.4, -0.2) is 50.1 Å². The van der Waals surface area contributed by atoms with Crippen LogP contribution in [0.15, 0.2) is 42.5 Å². The number of carbonyl (C=O) groups is 2. The summed E-state index contributed by atoms with van der Waals surface area (Å²) in [6, 6.07) is 12.6. The second kappa shape index (κ2) is 8.65. The minimum absolute atomic E-state index is 0.215. The third-order valence-electron chi connectivity index (χ3n) is 3.45. The Morgan fingerprint density at radius 2 is 1.81 bits per heavy atom. The highest BCUT2D eigenvalue weighted by molar-refractivity contribution is 7.14. The van der Waals surface area contributed by atoms with Crippen molar-refractivity contribution in [2.75, 3.05) is 27.7 Å². The summed E-state index contributed by atoms with van der Waals surface area (Å²) in [5.74, 6) is 4.63. The van der Waals surface area contributed by atoms with Crippen molar-refractivity contribution in [1.29, 1.82) is 0 Å². The molecule has 0 aliphatic rings. The molecule has 26 heavy (non-hydrogen) atoms. The van der Waals surface area contributed by atoms with Gasteiger partial charge in [0.2, 0.25) is 0 Å². The molecule has 0 saturated carbocycles. The molecule has 2 rings (SSSR count). The molecule has 1 atom stereocenters. The molecule has 2 aromatic rings. The number of rotatable bonds is 6. The van der Waals surface area contributed by atoms with Gasteiger partial charge in [0.05, 0.1) is 43.5 Å². The first kappa shape index (κ1) is 19.7. The molecule has 0 unspecified atom stereocenters. The van der Waals surface area contributed by atoms with Gasteiger partial charge in [-0.2, -0.15) is 0 Å². The van der Waals surface area contributed by atoms with E-state index in [4.69, 9.17) is 0 Å². The van der Waals surface area contributed by atoms with Crippen molar-refractivity contribution in [3.63, 3.8) is 0 Å². The quantitative estimate of drug-likeness (QED) is 0.611. The number of hydrogen-bond acceptors (Lipinski definition) is 4. The predicted molar refractivity (Wildman–Crippen MR) is 101 cm³/mol. The summed E-state index contributed by atoms with van der Waals surface area (Å²) in [5.41, 5.74) is 0.906. The zero-order valence-corrected chi connectivity index (χ0v) is 15.9. The lowest BCUT2D eigenvalue weighted by atomic mass is 10.2. The minimum atomic E-state index is -1.18. The van der Waals surface area contributed by atoms with Gasteiger partial charge in [-0.15, -0.1) is 11.3 Å². The normalized spacial score (nSPS) is 12.0. The lowest BCUT2D eigenvalue weighted by molar-refractivity contribution is -0.871. The lowest BCUT2D eigenvalue weighted by Crippen LogP contribution is -2.50. The Balaban J connectivity index is 2.06. The number of thiophene rings is 1. The number of aliphatic carboxylic acids is 1. The number of nitrogens with one attached hydrogen (secondary N) is 1. The second-order valence-electron chi connectivity index (χ2n) is 7.00. The van der Waals surface area contributed by atoms with Crippen LogP contribution in [0.3, 0.4) is 0 Å². The zero-order valence-electron chi connectivity index (χ0n) is 15.1. The van der Waals surface area contributed by atoms with Gasteiger partial charge in [0, 0.05) is 18.0 Å². The van der Waals surface area contributed by atoms with Gasteiger partial charge in [0.25, 0.3) is 5.91 Å². The van der Waals surface area contributed by atoms with Crippen molar-refractivity contribution in [2.45, 2.75) is 12.5 Å². The van der Waals surface area contributed by atoms with E-state index in [2.05, 4.69) is 17.2 Å². The first-order valence-electron chi connectivity index (χ1n) is 8.21. The Kier molecular flexibility index (Phi) is 6.56. The molecule has 136 valence electrons. The van der Waals surface area contributed by atoms with Crippen LogP contribution in [0.5, 0.6) is 0 Å². The third-order valence-corrected chi connectivity index (χ3v) is 4.45. The molecule has 0 bridgehead atoms. The third kappa shape index (κ3) is 6.71. The SMILES string of the molecule is C[N+](C)(C)C[C@@H](CC(=O)[O-])NC(=O)c1ccc(C#Cc2ccccc2)s1. The molecular formula is C20H22N2O3S.